The van der Waals surface area contributed by atoms with Gasteiger partial charge in [-0.15, -0.1) is 0 Å². The molecule has 0 aliphatic carbocycles. The quantitative estimate of drug-likeness (QED) is 0.377. The van der Waals surface area contributed by atoms with E-state index in [2.05, 4.69) is 45.5 Å². The average molecular weight is 413 g/mol. The molecule has 4 rings (SSSR count). The van der Waals surface area contributed by atoms with Crippen molar-refractivity contribution in [3.63, 3.8) is 0 Å². The molecule has 29 heavy (non-hydrogen) atoms. The van der Waals surface area contributed by atoms with Crippen LogP contribution in [0, 0.1) is 0 Å². The second kappa shape index (κ2) is 9.39. The van der Waals surface area contributed by atoms with Crippen molar-refractivity contribution in [1.29, 1.82) is 0 Å². The summed E-state index contributed by atoms with van der Waals surface area (Å²) in [6.07, 6.45) is 3.50. The van der Waals surface area contributed by atoms with Crippen molar-refractivity contribution in [3.8, 4) is 0 Å². The van der Waals surface area contributed by atoms with Crippen LogP contribution in [0.5, 0.6) is 0 Å². The molecular weight excluding hydrogens is 384 g/mol. The minimum Gasteiger partial charge on any atom is -0.383 e. The summed E-state index contributed by atoms with van der Waals surface area (Å²) in [6, 6.07) is 15.0. The van der Waals surface area contributed by atoms with Gasteiger partial charge in [-0.3, -0.25) is 4.79 Å². The van der Waals surface area contributed by atoms with Crippen LogP contribution in [0.2, 0.25) is 0 Å². The van der Waals surface area contributed by atoms with Gasteiger partial charge in [0.05, 0.1) is 12.1 Å². The zero-order valence-corrected chi connectivity index (χ0v) is 17.3. The first-order chi connectivity index (χ1) is 14.2. The number of carbonyl (C=O) groups is 2. The van der Waals surface area contributed by atoms with Crippen molar-refractivity contribution in [2.75, 3.05) is 24.2 Å². The van der Waals surface area contributed by atoms with Gasteiger partial charge < -0.3 is 21.3 Å². The molecule has 154 valence electrons. The maximum absolute atomic E-state index is 12.1. The molecule has 0 spiro atoms. The van der Waals surface area contributed by atoms with Gasteiger partial charge in [-0.05, 0) is 24.3 Å². The Morgan fingerprint density at radius 1 is 1.07 bits per heavy atom. The Hall–Kier alpha value is -2.41. The molecule has 6 nitrogen and oxygen atoms in total. The van der Waals surface area contributed by atoms with Crippen LogP contribution >= 0.6 is 11.8 Å². The van der Waals surface area contributed by atoms with Gasteiger partial charge in [0.15, 0.2) is 0 Å². The number of hydrogen-bond donors (Lipinski definition) is 4. The van der Waals surface area contributed by atoms with Gasteiger partial charge >= 0.3 is 6.03 Å². The predicted octanol–water partition coefficient (Wildman–Crippen LogP) is 3.09. The standard InChI is InChI=1S/C22H28N4O2S/c27-20(11-4-3-10-19-21-18(14-29-19)25-22(28)26-21)24-13-12-23-17-9-5-7-15-6-1-2-8-16(15)17/h1-2,5-9,18-19,21,23H,3-4,10-14H2,(H,24,27)(H2,25,26,28)/t18-,19-,21-/m1/s1. The molecule has 2 aromatic rings. The number of unbranched alkanes of at least 4 members (excludes halogenated alkanes) is 1. The third kappa shape index (κ3) is 4.96. The lowest BCUT2D eigenvalue weighted by Crippen LogP contribution is -2.36. The van der Waals surface area contributed by atoms with Gasteiger partial charge in [0, 0.05) is 41.6 Å². The van der Waals surface area contributed by atoms with E-state index in [0.717, 1.165) is 30.7 Å². The number of fused-ring (bicyclic) bond motifs is 2. The molecule has 0 aromatic heterocycles. The minimum atomic E-state index is -0.0400. The molecule has 0 bridgehead atoms. The van der Waals surface area contributed by atoms with E-state index in [1.54, 1.807) is 0 Å². The lowest BCUT2D eigenvalue weighted by atomic mass is 10.0. The van der Waals surface area contributed by atoms with Gasteiger partial charge in [-0.2, -0.15) is 11.8 Å². The van der Waals surface area contributed by atoms with Crippen LogP contribution in [0.15, 0.2) is 42.5 Å². The molecule has 0 unspecified atom stereocenters. The minimum absolute atomic E-state index is 0.0400. The largest absolute Gasteiger partial charge is 0.383 e. The molecule has 7 heteroatoms. The summed E-state index contributed by atoms with van der Waals surface area (Å²) in [5.74, 6) is 1.09. The number of urea groups is 1. The van der Waals surface area contributed by atoms with Crippen molar-refractivity contribution >= 4 is 40.2 Å². The zero-order chi connectivity index (χ0) is 20.1. The van der Waals surface area contributed by atoms with Crippen LogP contribution in [-0.4, -0.2) is 48.1 Å². The number of benzene rings is 2. The fourth-order valence-corrected chi connectivity index (χ4v) is 5.68. The highest BCUT2D eigenvalue weighted by Gasteiger charge is 2.42. The summed E-state index contributed by atoms with van der Waals surface area (Å²) in [5, 5.41) is 15.3. The van der Waals surface area contributed by atoms with Gasteiger partial charge in [0.2, 0.25) is 5.91 Å². The number of nitrogens with one attached hydrogen (secondary N) is 4. The zero-order valence-electron chi connectivity index (χ0n) is 16.4. The summed E-state index contributed by atoms with van der Waals surface area (Å²) in [7, 11) is 0. The molecule has 2 aliphatic heterocycles. The molecule has 0 radical (unpaired) electrons. The number of anilines is 1. The third-order valence-corrected chi connectivity index (χ3v) is 7.14. The molecule has 2 heterocycles. The topological polar surface area (TPSA) is 82.3 Å². The first-order valence-corrected chi connectivity index (χ1v) is 11.4. The normalized spacial score (nSPS) is 22.8. The van der Waals surface area contributed by atoms with E-state index in [9.17, 15) is 9.59 Å². The molecule has 0 saturated carbocycles. The van der Waals surface area contributed by atoms with Crippen LogP contribution in [0.4, 0.5) is 10.5 Å². The van der Waals surface area contributed by atoms with E-state index < -0.39 is 0 Å². The molecular formula is C22H28N4O2S. The van der Waals surface area contributed by atoms with Crippen LogP contribution in [-0.2, 0) is 4.79 Å². The van der Waals surface area contributed by atoms with E-state index in [-0.39, 0.29) is 24.0 Å². The van der Waals surface area contributed by atoms with E-state index in [0.29, 0.717) is 24.8 Å². The number of carbonyl (C=O) groups excluding carboxylic acids is 2. The van der Waals surface area contributed by atoms with Crippen LogP contribution in [0.25, 0.3) is 10.8 Å². The van der Waals surface area contributed by atoms with E-state index in [1.165, 1.54) is 10.8 Å². The number of hydrogen-bond acceptors (Lipinski definition) is 4. The van der Waals surface area contributed by atoms with Gasteiger partial charge in [-0.1, -0.05) is 42.8 Å². The average Bonchev–Trinajstić information content (AvgIpc) is 3.28. The van der Waals surface area contributed by atoms with Crippen molar-refractivity contribution in [3.05, 3.63) is 42.5 Å². The highest BCUT2D eigenvalue weighted by Crippen LogP contribution is 2.33. The van der Waals surface area contributed by atoms with E-state index in [4.69, 9.17) is 0 Å². The number of thioether (sulfide) groups is 1. The Balaban J connectivity index is 1.10. The first-order valence-electron chi connectivity index (χ1n) is 10.4. The highest BCUT2D eigenvalue weighted by atomic mass is 32.2. The summed E-state index contributed by atoms with van der Waals surface area (Å²) in [4.78, 5) is 23.5. The lowest BCUT2D eigenvalue weighted by Gasteiger charge is -2.16. The molecule has 3 amide bonds. The Kier molecular flexibility index (Phi) is 6.44. The third-order valence-electron chi connectivity index (χ3n) is 5.63. The maximum Gasteiger partial charge on any atom is 0.315 e. The van der Waals surface area contributed by atoms with Crippen LogP contribution < -0.4 is 21.3 Å². The monoisotopic (exact) mass is 412 g/mol. The molecule has 2 aliphatic rings. The second-order valence-corrected chi connectivity index (χ2v) is 8.94. The fourth-order valence-electron chi connectivity index (χ4n) is 4.14. The van der Waals surface area contributed by atoms with Gasteiger partial charge in [0.25, 0.3) is 0 Å². The second-order valence-electron chi connectivity index (χ2n) is 7.67. The first kappa shape index (κ1) is 19.9. The maximum atomic E-state index is 12.1. The van der Waals surface area contributed by atoms with Crippen LogP contribution in [0.3, 0.4) is 0 Å². The Bertz CT molecular complexity index is 870. The lowest BCUT2D eigenvalue weighted by molar-refractivity contribution is -0.121. The van der Waals surface area contributed by atoms with Gasteiger partial charge in [-0.25, -0.2) is 4.79 Å². The SMILES string of the molecule is O=C(CCCC[C@H]1SC[C@H]2NC(=O)N[C@H]21)NCCNc1cccc2ccccc12. The Morgan fingerprint density at radius 2 is 1.93 bits per heavy atom. The van der Waals surface area contributed by atoms with E-state index in [1.807, 2.05) is 30.0 Å². The summed E-state index contributed by atoms with van der Waals surface area (Å²) >= 11 is 1.92. The van der Waals surface area contributed by atoms with Crippen molar-refractivity contribution < 1.29 is 9.59 Å². The fraction of sp³-hybridized carbons (Fsp3) is 0.455. The molecule has 2 aromatic carbocycles. The van der Waals surface area contributed by atoms with Crippen molar-refractivity contribution in [2.45, 2.75) is 43.0 Å². The number of rotatable bonds is 9. The summed E-state index contributed by atoms with van der Waals surface area (Å²) < 4.78 is 0. The molecule has 4 N–H and O–H groups in total. The highest BCUT2D eigenvalue weighted by molar-refractivity contribution is 8.00. The molecule has 3 atom stereocenters. The van der Waals surface area contributed by atoms with Gasteiger partial charge in [0.1, 0.15) is 0 Å². The summed E-state index contributed by atoms with van der Waals surface area (Å²) in [5.41, 5.74) is 1.10. The molecule has 2 saturated heterocycles. The Morgan fingerprint density at radius 3 is 2.86 bits per heavy atom. The van der Waals surface area contributed by atoms with Crippen LogP contribution in [0.1, 0.15) is 25.7 Å². The Labute approximate surface area is 175 Å². The van der Waals surface area contributed by atoms with Crippen molar-refractivity contribution in [1.82, 2.24) is 16.0 Å². The number of amides is 3. The van der Waals surface area contributed by atoms with E-state index >= 15 is 0 Å². The predicted molar refractivity (Wildman–Crippen MR) is 119 cm³/mol. The smallest absolute Gasteiger partial charge is 0.315 e. The molecule has 2 fully saturated rings. The van der Waals surface area contributed by atoms with Crippen molar-refractivity contribution in [2.24, 2.45) is 0 Å². The summed E-state index contributed by atoms with van der Waals surface area (Å²) in [6.45, 7) is 1.32.